The molecule has 2 fully saturated rings. The minimum Gasteiger partial charge on any atom is -0.396 e. The van der Waals surface area contributed by atoms with Crippen molar-refractivity contribution < 1.29 is 20.4 Å². The number of aliphatic hydroxyl groups is 4. The Bertz CT molecular complexity index is 171. The molecule has 120 valence electrons. The van der Waals surface area contributed by atoms with Crippen molar-refractivity contribution in [3.63, 3.8) is 0 Å². The lowest BCUT2D eigenvalue weighted by molar-refractivity contribution is 0.131. The minimum atomic E-state index is 0.331. The second-order valence-corrected chi connectivity index (χ2v) is 6.50. The van der Waals surface area contributed by atoms with Crippen LogP contribution in [0.3, 0.4) is 0 Å². The van der Waals surface area contributed by atoms with Crippen molar-refractivity contribution in [2.75, 3.05) is 26.4 Å². The first kappa shape index (κ1) is 17.9. The summed E-state index contributed by atoms with van der Waals surface area (Å²) < 4.78 is 0. The molecule has 0 bridgehead atoms. The Morgan fingerprint density at radius 3 is 0.650 bits per heavy atom. The van der Waals surface area contributed by atoms with Gasteiger partial charge in [0.15, 0.2) is 0 Å². The standard InChI is InChI=1S/2C8H16O2/c2*9-5-7-1-2-8(6-10)4-3-7/h2*7-10H,1-6H2. The SMILES string of the molecule is OCC1CCC(CO)CC1.OCC1CCC(CO)CC1. The lowest BCUT2D eigenvalue weighted by Crippen LogP contribution is -2.19. The van der Waals surface area contributed by atoms with Crippen LogP contribution in [0.5, 0.6) is 0 Å². The molecule has 0 aliphatic heterocycles. The number of hydrogen-bond donors (Lipinski definition) is 4. The molecule has 0 aromatic carbocycles. The summed E-state index contributed by atoms with van der Waals surface area (Å²) in [6, 6.07) is 0. The summed E-state index contributed by atoms with van der Waals surface area (Å²) in [6.45, 7) is 1.33. The molecule has 0 aromatic heterocycles. The average Bonchev–Trinajstić information content (AvgIpc) is 2.55. The van der Waals surface area contributed by atoms with Gasteiger partial charge in [0.25, 0.3) is 0 Å². The van der Waals surface area contributed by atoms with E-state index in [1.165, 1.54) is 0 Å². The second kappa shape index (κ2) is 10.6. The molecule has 0 heterocycles. The van der Waals surface area contributed by atoms with Gasteiger partial charge >= 0.3 is 0 Å². The van der Waals surface area contributed by atoms with Crippen molar-refractivity contribution in [2.24, 2.45) is 23.7 Å². The van der Waals surface area contributed by atoms with Crippen LogP contribution in [0.4, 0.5) is 0 Å². The number of rotatable bonds is 4. The minimum absolute atomic E-state index is 0.331. The Morgan fingerprint density at radius 1 is 0.400 bits per heavy atom. The zero-order valence-corrected chi connectivity index (χ0v) is 12.6. The normalized spacial score (nSPS) is 34.2. The van der Waals surface area contributed by atoms with Crippen LogP contribution in [0.25, 0.3) is 0 Å². The Morgan fingerprint density at radius 2 is 0.550 bits per heavy atom. The molecule has 2 aliphatic rings. The van der Waals surface area contributed by atoms with E-state index in [4.69, 9.17) is 20.4 Å². The molecule has 4 heteroatoms. The average molecular weight is 288 g/mol. The van der Waals surface area contributed by atoms with Crippen LogP contribution in [-0.2, 0) is 0 Å². The molecular formula is C16H32O4. The van der Waals surface area contributed by atoms with Crippen molar-refractivity contribution in [3.05, 3.63) is 0 Å². The zero-order valence-electron chi connectivity index (χ0n) is 12.6. The van der Waals surface area contributed by atoms with Crippen molar-refractivity contribution in [2.45, 2.75) is 51.4 Å². The van der Waals surface area contributed by atoms with Gasteiger partial charge in [0.2, 0.25) is 0 Å². The predicted octanol–water partition coefficient (Wildman–Crippen LogP) is 1.55. The van der Waals surface area contributed by atoms with E-state index in [2.05, 4.69) is 0 Å². The zero-order chi connectivity index (χ0) is 14.8. The molecule has 2 saturated carbocycles. The molecule has 2 aliphatic carbocycles. The third-order valence-corrected chi connectivity index (χ3v) is 4.97. The van der Waals surface area contributed by atoms with Gasteiger partial charge < -0.3 is 20.4 Å². The summed E-state index contributed by atoms with van der Waals surface area (Å²) in [6.07, 6.45) is 8.79. The monoisotopic (exact) mass is 288 g/mol. The Hall–Kier alpha value is -0.160. The van der Waals surface area contributed by atoms with E-state index in [1.54, 1.807) is 0 Å². The van der Waals surface area contributed by atoms with Gasteiger partial charge in [-0.25, -0.2) is 0 Å². The van der Waals surface area contributed by atoms with Gasteiger partial charge in [0.1, 0.15) is 0 Å². The van der Waals surface area contributed by atoms with E-state index < -0.39 is 0 Å². The molecule has 4 N–H and O–H groups in total. The van der Waals surface area contributed by atoms with Crippen LogP contribution in [0.2, 0.25) is 0 Å². The van der Waals surface area contributed by atoms with Crippen molar-refractivity contribution in [3.8, 4) is 0 Å². The van der Waals surface area contributed by atoms with E-state index >= 15 is 0 Å². The fraction of sp³-hybridized carbons (Fsp3) is 1.00. The molecule has 0 amide bonds. The molecule has 0 radical (unpaired) electrons. The highest BCUT2D eigenvalue weighted by molar-refractivity contribution is 4.71. The number of aliphatic hydroxyl groups excluding tert-OH is 4. The predicted molar refractivity (Wildman–Crippen MR) is 79.2 cm³/mol. The highest BCUT2D eigenvalue weighted by Gasteiger charge is 2.20. The fourth-order valence-electron chi connectivity index (χ4n) is 3.19. The first-order valence-corrected chi connectivity index (χ1v) is 8.16. The summed E-state index contributed by atoms with van der Waals surface area (Å²) in [5.74, 6) is 2.07. The maximum absolute atomic E-state index is 8.79. The second-order valence-electron chi connectivity index (χ2n) is 6.50. The van der Waals surface area contributed by atoms with Crippen molar-refractivity contribution in [1.29, 1.82) is 0 Å². The van der Waals surface area contributed by atoms with E-state index in [-0.39, 0.29) is 0 Å². The first-order valence-electron chi connectivity index (χ1n) is 8.16. The van der Waals surface area contributed by atoms with Gasteiger partial charge in [-0.3, -0.25) is 0 Å². The molecule has 2 rings (SSSR count). The first-order chi connectivity index (χ1) is 9.73. The molecule has 0 saturated heterocycles. The molecule has 4 nitrogen and oxygen atoms in total. The van der Waals surface area contributed by atoms with Crippen LogP contribution in [0.1, 0.15) is 51.4 Å². The van der Waals surface area contributed by atoms with Gasteiger partial charge in [-0.05, 0) is 75.0 Å². The summed E-state index contributed by atoms with van der Waals surface area (Å²) in [4.78, 5) is 0. The van der Waals surface area contributed by atoms with Crippen LogP contribution >= 0.6 is 0 Å². The highest BCUT2D eigenvalue weighted by atomic mass is 16.3. The van der Waals surface area contributed by atoms with E-state index in [9.17, 15) is 0 Å². The third kappa shape index (κ3) is 6.53. The van der Waals surface area contributed by atoms with Crippen LogP contribution < -0.4 is 0 Å². The maximum Gasteiger partial charge on any atom is 0.0459 e. The van der Waals surface area contributed by atoms with Gasteiger partial charge in [0.05, 0.1) is 0 Å². The Labute approximate surface area is 122 Å². The van der Waals surface area contributed by atoms with E-state index in [0.717, 1.165) is 51.4 Å². The van der Waals surface area contributed by atoms with Gasteiger partial charge in [-0.2, -0.15) is 0 Å². The Kier molecular flexibility index (Phi) is 9.44. The van der Waals surface area contributed by atoms with Crippen LogP contribution in [0, 0.1) is 23.7 Å². The van der Waals surface area contributed by atoms with Crippen molar-refractivity contribution >= 4 is 0 Å². The largest absolute Gasteiger partial charge is 0.396 e. The summed E-state index contributed by atoms with van der Waals surface area (Å²) >= 11 is 0. The molecule has 0 atom stereocenters. The topological polar surface area (TPSA) is 80.9 Å². The van der Waals surface area contributed by atoms with Crippen LogP contribution in [0.15, 0.2) is 0 Å². The Balaban J connectivity index is 0.000000200. The molecular weight excluding hydrogens is 256 g/mol. The fourth-order valence-corrected chi connectivity index (χ4v) is 3.19. The third-order valence-electron chi connectivity index (χ3n) is 4.97. The molecule has 0 aromatic rings. The summed E-state index contributed by atoms with van der Waals surface area (Å²) in [5, 5.41) is 35.1. The van der Waals surface area contributed by atoms with Gasteiger partial charge in [-0.15, -0.1) is 0 Å². The van der Waals surface area contributed by atoms with E-state index in [0.29, 0.717) is 50.1 Å². The quantitative estimate of drug-likeness (QED) is 0.633. The summed E-state index contributed by atoms with van der Waals surface area (Å²) in [7, 11) is 0. The van der Waals surface area contributed by atoms with Gasteiger partial charge in [0, 0.05) is 26.4 Å². The molecule has 0 unspecified atom stereocenters. The lowest BCUT2D eigenvalue weighted by Gasteiger charge is -2.25. The molecule has 0 spiro atoms. The van der Waals surface area contributed by atoms with Crippen molar-refractivity contribution in [1.82, 2.24) is 0 Å². The maximum atomic E-state index is 8.79. The smallest absolute Gasteiger partial charge is 0.0459 e. The van der Waals surface area contributed by atoms with Gasteiger partial charge in [-0.1, -0.05) is 0 Å². The lowest BCUT2D eigenvalue weighted by atomic mass is 9.83. The van der Waals surface area contributed by atoms with E-state index in [1.807, 2.05) is 0 Å². The summed E-state index contributed by atoms with van der Waals surface area (Å²) in [5.41, 5.74) is 0. The molecule has 20 heavy (non-hydrogen) atoms. The van der Waals surface area contributed by atoms with Crippen LogP contribution in [-0.4, -0.2) is 46.9 Å². The number of hydrogen-bond acceptors (Lipinski definition) is 4. The highest BCUT2D eigenvalue weighted by Crippen LogP contribution is 2.28.